The zero-order chi connectivity index (χ0) is 15.1. The molecular weight excluding hydrogens is 282 g/mol. The molecule has 4 nitrogen and oxygen atoms in total. The Labute approximate surface area is 131 Å². The predicted octanol–water partition coefficient (Wildman–Crippen LogP) is 3.33. The van der Waals surface area contributed by atoms with E-state index in [4.69, 9.17) is 0 Å². The maximum atomic E-state index is 12.2. The van der Waals surface area contributed by atoms with Crippen LogP contribution in [-0.4, -0.2) is 42.1 Å². The first kappa shape index (κ1) is 16.2. The van der Waals surface area contributed by atoms with Gasteiger partial charge in [0.05, 0.1) is 0 Å². The Morgan fingerprint density at radius 3 is 2.86 bits per heavy atom. The van der Waals surface area contributed by atoms with Crippen molar-refractivity contribution in [1.82, 2.24) is 10.2 Å². The molecule has 1 atom stereocenters. The van der Waals surface area contributed by atoms with Crippen molar-refractivity contribution < 1.29 is 4.79 Å². The number of carbonyl (C=O) groups is 1. The Balaban J connectivity index is 1.95. The van der Waals surface area contributed by atoms with E-state index < -0.39 is 0 Å². The Morgan fingerprint density at radius 1 is 1.38 bits per heavy atom. The van der Waals surface area contributed by atoms with Gasteiger partial charge in [-0.3, -0.25) is 0 Å². The normalized spacial score (nSPS) is 16.6. The highest BCUT2D eigenvalue weighted by Crippen LogP contribution is 2.18. The topological polar surface area (TPSA) is 44.4 Å². The average Bonchev–Trinajstić information content (AvgIpc) is 2.53. The van der Waals surface area contributed by atoms with Crippen molar-refractivity contribution in [3.8, 4) is 0 Å². The molecule has 1 unspecified atom stereocenters. The second-order valence-corrected chi connectivity index (χ2v) is 6.56. The van der Waals surface area contributed by atoms with Crippen LogP contribution in [0.5, 0.6) is 0 Å². The number of benzene rings is 1. The van der Waals surface area contributed by atoms with Gasteiger partial charge in [0.25, 0.3) is 0 Å². The molecule has 0 aromatic heterocycles. The molecule has 0 saturated carbocycles. The summed E-state index contributed by atoms with van der Waals surface area (Å²) < 4.78 is 0. The van der Waals surface area contributed by atoms with Gasteiger partial charge in [0.15, 0.2) is 0 Å². The number of carbonyl (C=O) groups excluding carboxylic acids is 1. The Hall–Kier alpha value is -1.20. The fourth-order valence-corrected chi connectivity index (χ4v) is 3.24. The van der Waals surface area contributed by atoms with Crippen LogP contribution >= 0.6 is 11.8 Å². The lowest BCUT2D eigenvalue weighted by Gasteiger charge is -2.26. The summed E-state index contributed by atoms with van der Waals surface area (Å²) in [4.78, 5) is 14.1. The van der Waals surface area contributed by atoms with Gasteiger partial charge in [-0.2, -0.15) is 11.8 Å². The number of thioether (sulfide) groups is 1. The summed E-state index contributed by atoms with van der Waals surface area (Å²) in [6, 6.07) is 8.42. The molecule has 1 saturated heterocycles. The smallest absolute Gasteiger partial charge is 0.321 e. The summed E-state index contributed by atoms with van der Waals surface area (Å²) in [5.74, 6) is 2.07. The number of anilines is 1. The molecule has 1 heterocycles. The summed E-state index contributed by atoms with van der Waals surface area (Å²) in [5, 5.41) is 6.48. The van der Waals surface area contributed by atoms with E-state index in [9.17, 15) is 4.79 Å². The van der Waals surface area contributed by atoms with Crippen molar-refractivity contribution in [1.29, 1.82) is 0 Å². The zero-order valence-corrected chi connectivity index (χ0v) is 13.7. The molecule has 0 radical (unpaired) electrons. The SMILES string of the molecule is CCCNC(C)c1cccc(NC(=O)N2CCSCC2)c1. The van der Waals surface area contributed by atoms with Crippen LogP contribution in [0.25, 0.3) is 0 Å². The van der Waals surface area contributed by atoms with Crippen molar-refractivity contribution in [2.24, 2.45) is 0 Å². The summed E-state index contributed by atoms with van der Waals surface area (Å²) in [5.41, 5.74) is 2.08. The molecule has 1 aliphatic rings. The van der Waals surface area contributed by atoms with Crippen LogP contribution in [0.15, 0.2) is 24.3 Å². The number of nitrogens with one attached hydrogen (secondary N) is 2. The Bertz CT molecular complexity index is 461. The Kier molecular flexibility index (Phi) is 6.39. The van der Waals surface area contributed by atoms with Crippen LogP contribution in [-0.2, 0) is 0 Å². The van der Waals surface area contributed by atoms with Gasteiger partial charge < -0.3 is 15.5 Å². The van der Waals surface area contributed by atoms with Gasteiger partial charge in [-0.25, -0.2) is 4.79 Å². The monoisotopic (exact) mass is 307 g/mol. The molecule has 21 heavy (non-hydrogen) atoms. The number of hydrogen-bond donors (Lipinski definition) is 2. The van der Waals surface area contributed by atoms with E-state index in [2.05, 4.69) is 36.6 Å². The second-order valence-electron chi connectivity index (χ2n) is 5.33. The molecule has 2 rings (SSSR count). The third kappa shape index (κ3) is 4.93. The molecule has 0 spiro atoms. The molecule has 2 amide bonds. The second kappa shape index (κ2) is 8.29. The molecule has 1 fully saturated rings. The summed E-state index contributed by atoms with van der Waals surface area (Å²) in [6.45, 7) is 6.99. The van der Waals surface area contributed by atoms with Crippen LogP contribution in [0.4, 0.5) is 10.5 Å². The summed E-state index contributed by atoms with van der Waals surface area (Å²) in [6.07, 6.45) is 1.12. The summed E-state index contributed by atoms with van der Waals surface area (Å²) in [7, 11) is 0. The minimum Gasteiger partial charge on any atom is -0.323 e. The molecule has 1 aromatic carbocycles. The van der Waals surface area contributed by atoms with Gasteiger partial charge >= 0.3 is 6.03 Å². The molecule has 1 aliphatic heterocycles. The van der Waals surface area contributed by atoms with E-state index in [1.54, 1.807) is 0 Å². The van der Waals surface area contributed by atoms with Crippen molar-refractivity contribution in [3.05, 3.63) is 29.8 Å². The molecule has 2 N–H and O–H groups in total. The highest BCUT2D eigenvalue weighted by molar-refractivity contribution is 7.99. The van der Waals surface area contributed by atoms with Gasteiger partial charge in [0.2, 0.25) is 0 Å². The van der Waals surface area contributed by atoms with Crippen LogP contribution in [0.3, 0.4) is 0 Å². The number of rotatable bonds is 5. The van der Waals surface area contributed by atoms with E-state index in [-0.39, 0.29) is 6.03 Å². The highest BCUT2D eigenvalue weighted by atomic mass is 32.2. The number of hydrogen-bond acceptors (Lipinski definition) is 3. The van der Waals surface area contributed by atoms with Crippen molar-refractivity contribution in [2.45, 2.75) is 26.3 Å². The van der Waals surface area contributed by atoms with Crippen molar-refractivity contribution in [2.75, 3.05) is 36.5 Å². The number of urea groups is 1. The Morgan fingerprint density at radius 2 is 2.14 bits per heavy atom. The maximum Gasteiger partial charge on any atom is 0.321 e. The van der Waals surface area contributed by atoms with E-state index in [0.717, 1.165) is 43.2 Å². The van der Waals surface area contributed by atoms with E-state index in [1.165, 1.54) is 5.56 Å². The van der Waals surface area contributed by atoms with Crippen molar-refractivity contribution in [3.63, 3.8) is 0 Å². The third-order valence-corrected chi connectivity index (χ3v) is 4.58. The molecule has 1 aromatic rings. The first-order valence-corrected chi connectivity index (χ1v) is 8.83. The fourth-order valence-electron chi connectivity index (χ4n) is 2.33. The molecule has 0 bridgehead atoms. The molecule has 0 aliphatic carbocycles. The minimum atomic E-state index is 0.0154. The summed E-state index contributed by atoms with van der Waals surface area (Å²) >= 11 is 1.91. The fraction of sp³-hybridized carbons (Fsp3) is 0.562. The number of nitrogens with zero attached hydrogens (tertiary/aromatic N) is 1. The van der Waals surface area contributed by atoms with E-state index in [1.807, 2.05) is 28.8 Å². The van der Waals surface area contributed by atoms with Crippen LogP contribution in [0.2, 0.25) is 0 Å². The van der Waals surface area contributed by atoms with Crippen LogP contribution in [0.1, 0.15) is 31.9 Å². The lowest BCUT2D eigenvalue weighted by Crippen LogP contribution is -2.40. The lowest BCUT2D eigenvalue weighted by molar-refractivity contribution is 0.217. The van der Waals surface area contributed by atoms with Crippen molar-refractivity contribution >= 4 is 23.5 Å². The molecule has 116 valence electrons. The molecule has 5 heteroatoms. The van der Waals surface area contributed by atoms with E-state index >= 15 is 0 Å². The largest absolute Gasteiger partial charge is 0.323 e. The van der Waals surface area contributed by atoms with Crippen LogP contribution in [0, 0.1) is 0 Å². The van der Waals surface area contributed by atoms with E-state index in [0.29, 0.717) is 6.04 Å². The molecular formula is C16H25N3OS. The minimum absolute atomic E-state index is 0.0154. The van der Waals surface area contributed by atoms with Gasteiger partial charge in [0.1, 0.15) is 0 Å². The zero-order valence-electron chi connectivity index (χ0n) is 12.9. The quantitative estimate of drug-likeness (QED) is 0.877. The lowest BCUT2D eigenvalue weighted by atomic mass is 10.1. The van der Waals surface area contributed by atoms with Gasteiger partial charge in [-0.1, -0.05) is 19.1 Å². The van der Waals surface area contributed by atoms with Gasteiger partial charge in [-0.15, -0.1) is 0 Å². The standard InChI is InChI=1S/C16H25N3OS/c1-3-7-17-13(2)14-5-4-6-15(12-14)18-16(20)19-8-10-21-11-9-19/h4-6,12-13,17H,3,7-11H2,1-2H3,(H,18,20). The van der Waals surface area contributed by atoms with Gasteiger partial charge in [-0.05, 0) is 37.6 Å². The first-order chi connectivity index (χ1) is 10.2. The van der Waals surface area contributed by atoms with Gasteiger partial charge in [0, 0.05) is 36.3 Å². The average molecular weight is 307 g/mol. The number of amides is 2. The maximum absolute atomic E-state index is 12.2. The third-order valence-electron chi connectivity index (χ3n) is 3.64. The first-order valence-electron chi connectivity index (χ1n) is 7.67. The van der Waals surface area contributed by atoms with Crippen LogP contribution < -0.4 is 10.6 Å². The predicted molar refractivity (Wildman–Crippen MR) is 91.1 cm³/mol. The highest BCUT2D eigenvalue weighted by Gasteiger charge is 2.16.